The summed E-state index contributed by atoms with van der Waals surface area (Å²) in [5, 5.41) is 3.41. The summed E-state index contributed by atoms with van der Waals surface area (Å²) in [5.41, 5.74) is 4.93. The molecular formula is C16H18N2O. The van der Waals surface area contributed by atoms with E-state index in [-0.39, 0.29) is 0 Å². The fraction of sp³-hybridized carbons (Fsp3) is 0.312. The molecule has 2 aromatic rings. The third kappa shape index (κ3) is 2.55. The van der Waals surface area contributed by atoms with Crippen LogP contribution in [0.25, 0.3) is 11.1 Å². The summed E-state index contributed by atoms with van der Waals surface area (Å²) in [6.07, 6.45) is 5.78. The first-order valence-electron chi connectivity index (χ1n) is 6.82. The van der Waals surface area contributed by atoms with Gasteiger partial charge in [0.2, 0.25) is 0 Å². The van der Waals surface area contributed by atoms with Crippen LogP contribution in [0.5, 0.6) is 5.75 Å². The maximum Gasteiger partial charge on any atom is 0.138 e. The molecule has 98 valence electrons. The Labute approximate surface area is 113 Å². The molecule has 3 rings (SSSR count). The zero-order chi connectivity index (χ0) is 13.1. The van der Waals surface area contributed by atoms with Crippen LogP contribution >= 0.6 is 0 Å². The average molecular weight is 254 g/mol. The Morgan fingerprint density at radius 3 is 3.05 bits per heavy atom. The fourth-order valence-electron chi connectivity index (χ4n) is 2.35. The first kappa shape index (κ1) is 12.0. The summed E-state index contributed by atoms with van der Waals surface area (Å²) in [5.74, 6) is 0.841. The van der Waals surface area contributed by atoms with Crippen LogP contribution in [0, 0.1) is 0 Å². The summed E-state index contributed by atoms with van der Waals surface area (Å²) in [6.45, 7) is 3.87. The summed E-state index contributed by atoms with van der Waals surface area (Å²) in [4.78, 5) is 4.26. The van der Waals surface area contributed by atoms with Crippen LogP contribution < -0.4 is 10.1 Å². The number of rotatable bonds is 4. The molecule has 0 fully saturated rings. The van der Waals surface area contributed by atoms with E-state index in [0.717, 1.165) is 37.3 Å². The van der Waals surface area contributed by atoms with E-state index in [9.17, 15) is 0 Å². The summed E-state index contributed by atoms with van der Waals surface area (Å²) in [6, 6.07) is 8.61. The monoisotopic (exact) mass is 254 g/mol. The average Bonchev–Trinajstić information content (AvgIpc) is 2.92. The number of fused-ring (bicyclic) bond motifs is 1. The minimum absolute atomic E-state index is 0.733. The molecule has 0 aliphatic carbocycles. The number of anilines is 1. The van der Waals surface area contributed by atoms with Crippen molar-refractivity contribution >= 4 is 5.69 Å². The van der Waals surface area contributed by atoms with Gasteiger partial charge in [0.1, 0.15) is 5.75 Å². The first-order chi connectivity index (χ1) is 9.36. The highest BCUT2D eigenvalue weighted by atomic mass is 16.5. The molecule has 1 aromatic carbocycles. The number of aromatic nitrogens is 1. The Bertz CT molecular complexity index is 581. The number of hydrogen-bond acceptors (Lipinski definition) is 3. The Hall–Kier alpha value is -2.03. The van der Waals surface area contributed by atoms with Gasteiger partial charge in [-0.2, -0.15) is 0 Å². The Kier molecular flexibility index (Phi) is 3.36. The lowest BCUT2D eigenvalue weighted by Gasteiger charge is -2.08. The largest absolute Gasteiger partial charge is 0.492 e. The van der Waals surface area contributed by atoms with Crippen molar-refractivity contribution in [2.75, 3.05) is 18.5 Å². The van der Waals surface area contributed by atoms with Gasteiger partial charge in [-0.05, 0) is 36.1 Å². The smallest absolute Gasteiger partial charge is 0.138 e. The molecule has 0 amide bonds. The topological polar surface area (TPSA) is 34.1 Å². The molecule has 0 unspecified atom stereocenters. The Morgan fingerprint density at radius 2 is 2.16 bits per heavy atom. The number of nitrogens with zero attached hydrogens (tertiary/aromatic N) is 1. The van der Waals surface area contributed by atoms with Gasteiger partial charge in [-0.15, -0.1) is 0 Å². The predicted molar refractivity (Wildman–Crippen MR) is 77.7 cm³/mol. The minimum Gasteiger partial charge on any atom is -0.492 e. The Balaban J connectivity index is 1.89. The second-order valence-corrected chi connectivity index (χ2v) is 4.81. The second kappa shape index (κ2) is 5.31. The zero-order valence-corrected chi connectivity index (χ0v) is 11.1. The molecule has 0 spiro atoms. The lowest BCUT2D eigenvalue weighted by molar-refractivity contribution is 0.316. The molecule has 1 aliphatic heterocycles. The maximum atomic E-state index is 5.63. The second-order valence-electron chi connectivity index (χ2n) is 4.81. The lowest BCUT2D eigenvalue weighted by Crippen LogP contribution is -1.95. The summed E-state index contributed by atoms with van der Waals surface area (Å²) >= 11 is 0. The highest BCUT2D eigenvalue weighted by Gasteiger charge is 2.11. The molecular weight excluding hydrogens is 236 g/mol. The van der Waals surface area contributed by atoms with Gasteiger partial charge >= 0.3 is 0 Å². The number of benzene rings is 1. The molecule has 2 heterocycles. The SMILES string of the molecule is CCCOc1cncc(-c2ccc3c(c2)NCC3)c1. The number of nitrogens with one attached hydrogen (secondary N) is 1. The van der Waals surface area contributed by atoms with Crippen molar-refractivity contribution in [1.29, 1.82) is 0 Å². The van der Waals surface area contributed by atoms with E-state index in [0.29, 0.717) is 0 Å². The molecule has 0 saturated carbocycles. The Morgan fingerprint density at radius 1 is 1.21 bits per heavy atom. The van der Waals surface area contributed by atoms with Gasteiger partial charge in [0, 0.05) is 24.0 Å². The molecule has 1 aliphatic rings. The molecule has 19 heavy (non-hydrogen) atoms. The van der Waals surface area contributed by atoms with Crippen molar-refractivity contribution < 1.29 is 4.74 Å². The molecule has 3 nitrogen and oxygen atoms in total. The number of hydrogen-bond donors (Lipinski definition) is 1. The molecule has 0 atom stereocenters. The number of ether oxygens (including phenoxy) is 1. The van der Waals surface area contributed by atoms with E-state index in [1.807, 2.05) is 6.20 Å². The molecule has 1 N–H and O–H groups in total. The van der Waals surface area contributed by atoms with Gasteiger partial charge in [0.15, 0.2) is 0 Å². The van der Waals surface area contributed by atoms with E-state index < -0.39 is 0 Å². The van der Waals surface area contributed by atoms with E-state index in [1.165, 1.54) is 16.8 Å². The zero-order valence-electron chi connectivity index (χ0n) is 11.1. The normalized spacial score (nSPS) is 12.9. The van der Waals surface area contributed by atoms with Crippen LogP contribution in [0.15, 0.2) is 36.7 Å². The molecule has 1 aromatic heterocycles. The van der Waals surface area contributed by atoms with E-state index >= 15 is 0 Å². The van der Waals surface area contributed by atoms with Crippen LogP contribution in [0.1, 0.15) is 18.9 Å². The highest BCUT2D eigenvalue weighted by molar-refractivity contribution is 5.71. The van der Waals surface area contributed by atoms with Crippen molar-refractivity contribution in [3.8, 4) is 16.9 Å². The number of pyridine rings is 1. The van der Waals surface area contributed by atoms with Gasteiger partial charge < -0.3 is 10.1 Å². The first-order valence-corrected chi connectivity index (χ1v) is 6.82. The minimum atomic E-state index is 0.733. The molecule has 3 heteroatoms. The summed E-state index contributed by atoms with van der Waals surface area (Å²) in [7, 11) is 0. The summed E-state index contributed by atoms with van der Waals surface area (Å²) < 4.78 is 5.63. The van der Waals surface area contributed by atoms with Crippen LogP contribution in [-0.4, -0.2) is 18.1 Å². The van der Waals surface area contributed by atoms with Crippen molar-refractivity contribution in [3.63, 3.8) is 0 Å². The molecule has 0 saturated heterocycles. The third-order valence-corrected chi connectivity index (χ3v) is 3.34. The van der Waals surface area contributed by atoms with Gasteiger partial charge in [0.05, 0.1) is 12.8 Å². The van der Waals surface area contributed by atoms with Crippen molar-refractivity contribution in [1.82, 2.24) is 4.98 Å². The van der Waals surface area contributed by atoms with Gasteiger partial charge in [-0.3, -0.25) is 4.98 Å². The van der Waals surface area contributed by atoms with Crippen molar-refractivity contribution in [3.05, 3.63) is 42.2 Å². The quantitative estimate of drug-likeness (QED) is 0.906. The molecule has 0 radical (unpaired) electrons. The molecule has 0 bridgehead atoms. The van der Waals surface area contributed by atoms with Crippen molar-refractivity contribution in [2.45, 2.75) is 19.8 Å². The van der Waals surface area contributed by atoms with E-state index in [1.54, 1.807) is 6.20 Å². The maximum absolute atomic E-state index is 5.63. The lowest BCUT2D eigenvalue weighted by atomic mass is 10.0. The van der Waals surface area contributed by atoms with E-state index in [4.69, 9.17) is 4.74 Å². The fourth-order valence-corrected chi connectivity index (χ4v) is 2.35. The van der Waals surface area contributed by atoms with Gasteiger partial charge in [0.25, 0.3) is 0 Å². The highest BCUT2D eigenvalue weighted by Crippen LogP contribution is 2.29. The van der Waals surface area contributed by atoms with Crippen LogP contribution in [0.4, 0.5) is 5.69 Å². The van der Waals surface area contributed by atoms with Crippen LogP contribution in [-0.2, 0) is 6.42 Å². The van der Waals surface area contributed by atoms with Gasteiger partial charge in [-0.25, -0.2) is 0 Å². The van der Waals surface area contributed by atoms with E-state index in [2.05, 4.69) is 41.5 Å². The van der Waals surface area contributed by atoms with Gasteiger partial charge in [-0.1, -0.05) is 19.1 Å². The standard InChI is InChI=1S/C16H18N2O/c1-2-7-19-15-8-14(10-17-11-15)13-4-3-12-5-6-18-16(12)9-13/h3-4,8-11,18H,2,5-7H2,1H3. The van der Waals surface area contributed by atoms with Crippen LogP contribution in [0.2, 0.25) is 0 Å². The third-order valence-electron chi connectivity index (χ3n) is 3.34. The van der Waals surface area contributed by atoms with Crippen molar-refractivity contribution in [2.24, 2.45) is 0 Å². The van der Waals surface area contributed by atoms with Crippen LogP contribution in [0.3, 0.4) is 0 Å². The predicted octanol–water partition coefficient (Wildman–Crippen LogP) is 3.51.